The second kappa shape index (κ2) is 6.97. The molecule has 1 aromatic heterocycles. The van der Waals surface area contributed by atoms with Crippen molar-refractivity contribution in [1.82, 2.24) is 9.88 Å². The Morgan fingerprint density at radius 1 is 1.16 bits per heavy atom. The number of rotatable bonds is 3. The van der Waals surface area contributed by atoms with Gasteiger partial charge in [-0.25, -0.2) is 0 Å². The Kier molecular flexibility index (Phi) is 4.57. The van der Waals surface area contributed by atoms with Gasteiger partial charge in [-0.2, -0.15) is 5.26 Å². The van der Waals surface area contributed by atoms with Crippen LogP contribution in [0.25, 0.3) is 0 Å². The summed E-state index contributed by atoms with van der Waals surface area (Å²) in [7, 11) is 0. The fourth-order valence-electron chi connectivity index (χ4n) is 2.83. The summed E-state index contributed by atoms with van der Waals surface area (Å²) >= 11 is 0. The molecular weight excluding hydrogens is 322 g/mol. The number of carbonyl (C=O) groups is 1. The fraction of sp³-hybridized carbons (Fsp3) is 0.235. The zero-order valence-electron chi connectivity index (χ0n) is 13.3. The maximum absolute atomic E-state index is 12.4. The van der Waals surface area contributed by atoms with Crippen LogP contribution in [0.2, 0.25) is 0 Å². The van der Waals surface area contributed by atoms with Crippen LogP contribution in [0.1, 0.15) is 15.9 Å². The average Bonchev–Trinajstić information content (AvgIpc) is 2.67. The van der Waals surface area contributed by atoms with Gasteiger partial charge in [0.25, 0.3) is 11.6 Å². The second-order valence-corrected chi connectivity index (χ2v) is 5.59. The number of aromatic nitrogens is 1. The first-order valence-electron chi connectivity index (χ1n) is 7.73. The minimum atomic E-state index is -0.453. The van der Waals surface area contributed by atoms with Crippen LogP contribution in [-0.4, -0.2) is 46.9 Å². The van der Waals surface area contributed by atoms with E-state index in [0.717, 1.165) is 0 Å². The molecule has 8 heteroatoms. The van der Waals surface area contributed by atoms with Gasteiger partial charge in [-0.15, -0.1) is 0 Å². The number of piperazine rings is 1. The number of nitrogens with zero attached hydrogens (tertiary/aromatic N) is 5. The van der Waals surface area contributed by atoms with Crippen LogP contribution in [0.15, 0.2) is 42.7 Å². The quantitative estimate of drug-likeness (QED) is 0.625. The predicted octanol–water partition coefficient (Wildman–Crippen LogP) is 1.82. The molecule has 0 spiro atoms. The third kappa shape index (κ3) is 3.40. The van der Waals surface area contributed by atoms with Gasteiger partial charge in [-0.05, 0) is 24.3 Å². The molecule has 8 nitrogen and oxygen atoms in total. The van der Waals surface area contributed by atoms with Crippen LogP contribution in [0, 0.1) is 21.4 Å². The van der Waals surface area contributed by atoms with Gasteiger partial charge in [0.2, 0.25) is 0 Å². The topological polar surface area (TPSA) is 103 Å². The maximum atomic E-state index is 12.4. The van der Waals surface area contributed by atoms with Gasteiger partial charge < -0.3 is 9.80 Å². The van der Waals surface area contributed by atoms with E-state index >= 15 is 0 Å². The van der Waals surface area contributed by atoms with Crippen LogP contribution in [0.3, 0.4) is 0 Å². The van der Waals surface area contributed by atoms with Crippen molar-refractivity contribution < 1.29 is 9.72 Å². The Bertz CT molecular complexity index is 839. The number of pyridine rings is 1. The number of anilines is 1. The zero-order chi connectivity index (χ0) is 17.8. The van der Waals surface area contributed by atoms with Gasteiger partial charge in [-0.1, -0.05) is 0 Å². The molecule has 126 valence electrons. The Hall–Kier alpha value is -3.47. The summed E-state index contributed by atoms with van der Waals surface area (Å²) in [4.78, 5) is 30.7. The van der Waals surface area contributed by atoms with Crippen molar-refractivity contribution in [2.75, 3.05) is 31.1 Å². The van der Waals surface area contributed by atoms with Crippen molar-refractivity contribution in [3.63, 3.8) is 0 Å². The molecule has 25 heavy (non-hydrogen) atoms. The van der Waals surface area contributed by atoms with Gasteiger partial charge in [0, 0.05) is 50.2 Å². The molecule has 0 unspecified atom stereocenters. The summed E-state index contributed by atoms with van der Waals surface area (Å²) in [6.45, 7) is 1.84. The van der Waals surface area contributed by atoms with E-state index in [-0.39, 0.29) is 11.6 Å². The van der Waals surface area contributed by atoms with Gasteiger partial charge >= 0.3 is 0 Å². The molecule has 1 aromatic carbocycles. The van der Waals surface area contributed by atoms with Crippen molar-refractivity contribution in [2.45, 2.75) is 0 Å². The first-order valence-corrected chi connectivity index (χ1v) is 7.73. The zero-order valence-corrected chi connectivity index (χ0v) is 13.3. The van der Waals surface area contributed by atoms with E-state index in [9.17, 15) is 14.9 Å². The lowest BCUT2D eigenvalue weighted by Gasteiger charge is -2.35. The largest absolute Gasteiger partial charge is 0.362 e. The fourth-order valence-corrected chi connectivity index (χ4v) is 2.83. The summed E-state index contributed by atoms with van der Waals surface area (Å²) in [6, 6.07) is 9.64. The van der Waals surface area contributed by atoms with Crippen LogP contribution in [0.5, 0.6) is 0 Å². The minimum absolute atomic E-state index is 0.0343. The molecule has 1 saturated heterocycles. The Morgan fingerprint density at radius 2 is 1.84 bits per heavy atom. The molecule has 1 aliphatic rings. The standard InChI is InChI=1S/C17H15N5O3/c18-12-13-1-2-15(22(24)25)16(11-13)20-7-9-21(10-8-20)17(23)14-3-5-19-6-4-14/h1-6,11H,7-10H2. The molecule has 0 aliphatic carbocycles. The third-order valence-electron chi connectivity index (χ3n) is 4.14. The molecule has 0 atom stereocenters. The normalized spacial score (nSPS) is 14.0. The highest BCUT2D eigenvalue weighted by Gasteiger charge is 2.26. The Morgan fingerprint density at radius 3 is 2.44 bits per heavy atom. The number of nitro groups is 1. The van der Waals surface area contributed by atoms with Crippen molar-refractivity contribution in [3.8, 4) is 6.07 Å². The molecule has 0 saturated carbocycles. The van der Waals surface area contributed by atoms with Crippen molar-refractivity contribution in [1.29, 1.82) is 5.26 Å². The Labute approximate surface area is 144 Å². The Balaban J connectivity index is 1.76. The van der Waals surface area contributed by atoms with Gasteiger partial charge in [0.1, 0.15) is 5.69 Å². The van der Waals surface area contributed by atoms with Crippen LogP contribution >= 0.6 is 0 Å². The number of benzene rings is 1. The summed E-state index contributed by atoms with van der Waals surface area (Å²) in [5.74, 6) is -0.0812. The summed E-state index contributed by atoms with van der Waals surface area (Å²) in [5.41, 5.74) is 1.32. The van der Waals surface area contributed by atoms with E-state index in [2.05, 4.69) is 4.98 Å². The van der Waals surface area contributed by atoms with Crippen molar-refractivity contribution in [2.24, 2.45) is 0 Å². The van der Waals surface area contributed by atoms with E-state index < -0.39 is 4.92 Å². The van der Waals surface area contributed by atoms with E-state index in [4.69, 9.17) is 5.26 Å². The SMILES string of the molecule is N#Cc1ccc([N+](=O)[O-])c(N2CCN(C(=O)c3ccncc3)CC2)c1. The molecule has 1 aliphatic heterocycles. The van der Waals surface area contributed by atoms with E-state index in [1.54, 1.807) is 29.4 Å². The van der Waals surface area contributed by atoms with E-state index in [1.165, 1.54) is 18.2 Å². The second-order valence-electron chi connectivity index (χ2n) is 5.59. The molecule has 2 heterocycles. The van der Waals surface area contributed by atoms with Gasteiger partial charge in [0.15, 0.2) is 0 Å². The number of amides is 1. The summed E-state index contributed by atoms with van der Waals surface area (Å²) in [6.07, 6.45) is 3.14. The number of nitriles is 1. The molecule has 1 fully saturated rings. The van der Waals surface area contributed by atoms with E-state index in [1.807, 2.05) is 11.0 Å². The highest BCUT2D eigenvalue weighted by molar-refractivity contribution is 5.94. The lowest BCUT2D eigenvalue weighted by Crippen LogP contribution is -2.49. The highest BCUT2D eigenvalue weighted by Crippen LogP contribution is 2.30. The molecule has 0 bridgehead atoms. The molecule has 0 radical (unpaired) electrons. The van der Waals surface area contributed by atoms with E-state index in [0.29, 0.717) is 43.0 Å². The maximum Gasteiger partial charge on any atom is 0.292 e. The molecular formula is C17H15N5O3. The van der Waals surface area contributed by atoms with Crippen LogP contribution in [0.4, 0.5) is 11.4 Å². The van der Waals surface area contributed by atoms with Crippen LogP contribution < -0.4 is 4.90 Å². The first kappa shape index (κ1) is 16.4. The summed E-state index contributed by atoms with van der Waals surface area (Å²) in [5, 5.41) is 20.3. The molecule has 3 rings (SSSR count). The van der Waals surface area contributed by atoms with Crippen LogP contribution in [-0.2, 0) is 0 Å². The molecule has 1 amide bonds. The third-order valence-corrected chi connectivity index (χ3v) is 4.14. The number of nitro benzene ring substituents is 1. The first-order chi connectivity index (χ1) is 12.1. The predicted molar refractivity (Wildman–Crippen MR) is 90.2 cm³/mol. The van der Waals surface area contributed by atoms with Crippen molar-refractivity contribution >= 4 is 17.3 Å². The number of hydrogen-bond donors (Lipinski definition) is 0. The van der Waals surface area contributed by atoms with Crippen molar-refractivity contribution in [3.05, 3.63) is 64.0 Å². The molecule has 2 aromatic rings. The highest BCUT2D eigenvalue weighted by atomic mass is 16.6. The average molecular weight is 337 g/mol. The smallest absolute Gasteiger partial charge is 0.292 e. The van der Waals surface area contributed by atoms with Gasteiger partial charge in [0.05, 0.1) is 16.6 Å². The minimum Gasteiger partial charge on any atom is -0.362 e. The monoisotopic (exact) mass is 337 g/mol. The van der Waals surface area contributed by atoms with Gasteiger partial charge in [-0.3, -0.25) is 19.9 Å². The molecule has 0 N–H and O–H groups in total. The number of carbonyl (C=O) groups excluding carboxylic acids is 1. The number of hydrogen-bond acceptors (Lipinski definition) is 6. The lowest BCUT2D eigenvalue weighted by atomic mass is 10.1. The lowest BCUT2D eigenvalue weighted by molar-refractivity contribution is -0.384. The summed E-state index contributed by atoms with van der Waals surface area (Å²) < 4.78 is 0.